The van der Waals surface area contributed by atoms with Gasteiger partial charge >= 0.3 is 0 Å². The average molecular weight is 301 g/mol. The number of hydrogen-bond acceptors (Lipinski definition) is 4. The molecule has 1 aliphatic carbocycles. The number of carbonyl (C=O) groups excluding carboxylic acids is 1. The molecule has 0 N–H and O–H groups in total. The van der Waals surface area contributed by atoms with Crippen LogP contribution < -0.4 is 9.47 Å². The van der Waals surface area contributed by atoms with Crippen LogP contribution >= 0.6 is 0 Å². The Labute approximate surface area is 131 Å². The average Bonchev–Trinajstić information content (AvgIpc) is 2.91. The van der Waals surface area contributed by atoms with Crippen LogP contribution in [0.1, 0.15) is 31.7 Å². The highest BCUT2D eigenvalue weighted by molar-refractivity contribution is 6.04. The summed E-state index contributed by atoms with van der Waals surface area (Å²) in [6.07, 6.45) is 4.89. The van der Waals surface area contributed by atoms with Gasteiger partial charge in [0.25, 0.3) is 0 Å². The van der Waals surface area contributed by atoms with E-state index in [-0.39, 0.29) is 18.0 Å². The Hall–Kier alpha value is -1.81. The molecule has 1 atom stereocenters. The van der Waals surface area contributed by atoms with Gasteiger partial charge in [-0.3, -0.25) is 4.79 Å². The van der Waals surface area contributed by atoms with E-state index in [4.69, 9.17) is 9.47 Å². The second-order valence-electron chi connectivity index (χ2n) is 6.76. The van der Waals surface area contributed by atoms with Crippen LogP contribution in [0.25, 0.3) is 6.08 Å². The topological polar surface area (TPSA) is 38.8 Å². The summed E-state index contributed by atoms with van der Waals surface area (Å²) in [5.41, 5.74) is 1.65. The first-order chi connectivity index (χ1) is 10.5. The fourth-order valence-corrected chi connectivity index (χ4v) is 3.47. The lowest BCUT2D eigenvalue weighted by Gasteiger charge is -2.35. The molecule has 118 valence electrons. The Morgan fingerprint density at radius 1 is 1.27 bits per heavy atom. The summed E-state index contributed by atoms with van der Waals surface area (Å²) in [7, 11) is 4.04. The van der Waals surface area contributed by atoms with Crippen molar-refractivity contribution in [1.29, 1.82) is 0 Å². The highest BCUT2D eigenvalue weighted by atomic mass is 16.7. The van der Waals surface area contributed by atoms with Crippen LogP contribution in [0, 0.1) is 5.41 Å². The summed E-state index contributed by atoms with van der Waals surface area (Å²) in [6.45, 7) is 3.15. The van der Waals surface area contributed by atoms with Crippen LogP contribution in [0.5, 0.6) is 11.5 Å². The first-order valence-corrected chi connectivity index (χ1v) is 7.78. The van der Waals surface area contributed by atoms with Crippen LogP contribution in [0.3, 0.4) is 0 Å². The smallest absolute Gasteiger partial charge is 0.231 e. The number of allylic oxidation sites excluding steroid dienone is 1. The molecule has 0 saturated heterocycles. The summed E-state index contributed by atoms with van der Waals surface area (Å²) in [6, 6.07) is 5.83. The minimum absolute atomic E-state index is 0.273. The van der Waals surface area contributed by atoms with Gasteiger partial charge < -0.3 is 14.4 Å². The van der Waals surface area contributed by atoms with Gasteiger partial charge in [-0.15, -0.1) is 0 Å². The van der Waals surface area contributed by atoms with Gasteiger partial charge in [-0.05, 0) is 62.7 Å². The molecule has 1 aromatic rings. The molecule has 1 heterocycles. The standard InChI is InChI=1S/C18H23NO3/c1-18(11-19(2)3)8-4-5-14(17(18)20)9-13-6-7-15-16(10-13)22-12-21-15/h6-7,9-10H,4-5,8,11-12H2,1-3H3/b14-9+. The van der Waals surface area contributed by atoms with E-state index < -0.39 is 0 Å². The van der Waals surface area contributed by atoms with Crippen molar-refractivity contribution in [3.63, 3.8) is 0 Å². The maximum absolute atomic E-state index is 12.9. The van der Waals surface area contributed by atoms with Crippen molar-refractivity contribution in [3.8, 4) is 11.5 Å². The van der Waals surface area contributed by atoms with E-state index in [2.05, 4.69) is 11.8 Å². The molecular formula is C18H23NO3. The largest absolute Gasteiger partial charge is 0.454 e. The number of benzene rings is 1. The third-order valence-corrected chi connectivity index (χ3v) is 4.42. The summed E-state index contributed by atoms with van der Waals surface area (Å²) in [5.74, 6) is 1.81. The van der Waals surface area contributed by atoms with E-state index >= 15 is 0 Å². The molecule has 0 amide bonds. The second-order valence-corrected chi connectivity index (χ2v) is 6.76. The predicted molar refractivity (Wildman–Crippen MR) is 86.1 cm³/mol. The van der Waals surface area contributed by atoms with Crippen LogP contribution in [0.15, 0.2) is 23.8 Å². The van der Waals surface area contributed by atoms with Gasteiger partial charge in [0, 0.05) is 12.0 Å². The molecule has 2 aliphatic rings. The van der Waals surface area contributed by atoms with Crippen molar-refractivity contribution in [3.05, 3.63) is 29.3 Å². The number of rotatable bonds is 3. The minimum atomic E-state index is -0.274. The third kappa shape index (κ3) is 2.88. The zero-order valence-corrected chi connectivity index (χ0v) is 13.5. The Bertz CT molecular complexity index is 621. The van der Waals surface area contributed by atoms with E-state index in [1.807, 2.05) is 38.4 Å². The van der Waals surface area contributed by atoms with Crippen molar-refractivity contribution in [1.82, 2.24) is 4.90 Å². The molecule has 1 aliphatic heterocycles. The van der Waals surface area contributed by atoms with Crippen LogP contribution in [-0.2, 0) is 4.79 Å². The maximum atomic E-state index is 12.9. The first-order valence-electron chi connectivity index (χ1n) is 7.78. The number of hydrogen-bond donors (Lipinski definition) is 0. The predicted octanol–water partition coefficient (Wildman–Crippen LogP) is 3.12. The molecule has 0 aromatic heterocycles. The highest BCUT2D eigenvalue weighted by Gasteiger charge is 2.38. The summed E-state index contributed by atoms with van der Waals surface area (Å²) >= 11 is 0. The van der Waals surface area contributed by atoms with Crippen molar-refractivity contribution in [2.45, 2.75) is 26.2 Å². The van der Waals surface area contributed by atoms with E-state index in [0.29, 0.717) is 0 Å². The first kappa shape index (κ1) is 15.1. The summed E-state index contributed by atoms with van der Waals surface area (Å²) in [4.78, 5) is 15.0. The Balaban J connectivity index is 1.85. The van der Waals surface area contributed by atoms with Crippen molar-refractivity contribution in [2.75, 3.05) is 27.4 Å². The summed E-state index contributed by atoms with van der Waals surface area (Å²) in [5, 5.41) is 0. The summed E-state index contributed by atoms with van der Waals surface area (Å²) < 4.78 is 10.7. The van der Waals surface area contributed by atoms with E-state index in [1.165, 1.54) is 0 Å². The molecular weight excluding hydrogens is 278 g/mol. The van der Waals surface area contributed by atoms with Crippen molar-refractivity contribution >= 4 is 11.9 Å². The SMILES string of the molecule is CN(C)CC1(C)CCC/C(=C\c2ccc3c(c2)OCO3)C1=O. The molecule has 1 unspecified atom stereocenters. The molecule has 0 spiro atoms. The molecule has 1 saturated carbocycles. The number of ketones is 1. The lowest BCUT2D eigenvalue weighted by atomic mass is 9.71. The third-order valence-electron chi connectivity index (χ3n) is 4.42. The Morgan fingerprint density at radius 2 is 2.05 bits per heavy atom. The molecule has 0 radical (unpaired) electrons. The molecule has 22 heavy (non-hydrogen) atoms. The normalized spacial score (nSPS) is 26.0. The quantitative estimate of drug-likeness (QED) is 0.804. The monoisotopic (exact) mass is 301 g/mol. The number of fused-ring (bicyclic) bond motifs is 1. The number of ether oxygens (including phenoxy) is 2. The molecule has 0 bridgehead atoms. The van der Waals surface area contributed by atoms with Gasteiger partial charge in [-0.1, -0.05) is 13.0 Å². The van der Waals surface area contributed by atoms with Gasteiger partial charge in [-0.2, -0.15) is 0 Å². The van der Waals surface area contributed by atoms with Crippen LogP contribution in [0.2, 0.25) is 0 Å². The van der Waals surface area contributed by atoms with Gasteiger partial charge in [0.15, 0.2) is 17.3 Å². The van der Waals surface area contributed by atoms with Crippen LogP contribution in [-0.4, -0.2) is 38.1 Å². The van der Waals surface area contributed by atoms with E-state index in [9.17, 15) is 4.79 Å². The van der Waals surface area contributed by atoms with Crippen molar-refractivity contribution < 1.29 is 14.3 Å². The van der Waals surface area contributed by atoms with Gasteiger partial charge in [0.05, 0.1) is 0 Å². The van der Waals surface area contributed by atoms with E-state index in [1.54, 1.807) is 0 Å². The van der Waals surface area contributed by atoms with Gasteiger partial charge in [0.2, 0.25) is 6.79 Å². The number of nitrogens with zero attached hydrogens (tertiary/aromatic N) is 1. The van der Waals surface area contributed by atoms with Gasteiger partial charge in [-0.25, -0.2) is 0 Å². The molecule has 4 heteroatoms. The Morgan fingerprint density at radius 3 is 2.82 bits per heavy atom. The lowest BCUT2D eigenvalue weighted by Crippen LogP contribution is -2.41. The lowest BCUT2D eigenvalue weighted by molar-refractivity contribution is -0.126. The minimum Gasteiger partial charge on any atom is -0.454 e. The number of carbonyl (C=O) groups is 1. The fourth-order valence-electron chi connectivity index (χ4n) is 3.47. The maximum Gasteiger partial charge on any atom is 0.231 e. The fraction of sp³-hybridized carbons (Fsp3) is 0.500. The van der Waals surface area contributed by atoms with E-state index in [0.717, 1.165) is 48.4 Å². The zero-order valence-electron chi connectivity index (χ0n) is 13.5. The molecule has 4 nitrogen and oxygen atoms in total. The second kappa shape index (κ2) is 5.76. The highest BCUT2D eigenvalue weighted by Crippen LogP contribution is 2.38. The number of Topliss-reactive ketones (excluding diaryl/α,β-unsaturated/α-hetero) is 1. The molecule has 1 aromatic carbocycles. The van der Waals surface area contributed by atoms with Gasteiger partial charge in [0.1, 0.15) is 0 Å². The van der Waals surface area contributed by atoms with Crippen LogP contribution in [0.4, 0.5) is 0 Å². The Kier molecular flexibility index (Phi) is 3.96. The van der Waals surface area contributed by atoms with Crippen molar-refractivity contribution in [2.24, 2.45) is 5.41 Å². The molecule has 3 rings (SSSR count). The molecule has 1 fully saturated rings. The zero-order chi connectivity index (χ0) is 15.7.